The first-order chi connectivity index (χ1) is 16.8. The van der Waals surface area contributed by atoms with Gasteiger partial charge in [-0.1, -0.05) is 37.6 Å². The molecule has 0 bridgehead atoms. The van der Waals surface area contributed by atoms with Gasteiger partial charge < -0.3 is 14.8 Å². The van der Waals surface area contributed by atoms with Crippen LogP contribution >= 0.6 is 0 Å². The molecule has 0 unspecified atom stereocenters. The zero-order valence-electron chi connectivity index (χ0n) is 21.9. The number of nitrogens with zero attached hydrogens (tertiary/aromatic N) is 1. The van der Waals surface area contributed by atoms with Gasteiger partial charge in [0.2, 0.25) is 5.91 Å². The molecular formula is C30H40N2O3. The first-order valence-electron chi connectivity index (χ1n) is 12.9. The first kappa shape index (κ1) is 25.3. The Hall–Kier alpha value is -2.79. The second kappa shape index (κ2) is 11.3. The molecule has 2 aromatic carbocycles. The average Bonchev–Trinajstić information content (AvgIpc) is 3.25. The van der Waals surface area contributed by atoms with E-state index in [1.807, 2.05) is 0 Å². The van der Waals surface area contributed by atoms with Crippen LogP contribution in [0, 0.1) is 5.92 Å². The van der Waals surface area contributed by atoms with Crippen LogP contribution in [0.5, 0.6) is 11.5 Å². The topological polar surface area (TPSA) is 50.8 Å². The van der Waals surface area contributed by atoms with Crippen molar-refractivity contribution in [3.8, 4) is 11.5 Å². The van der Waals surface area contributed by atoms with E-state index in [1.54, 1.807) is 14.0 Å². The third-order valence-corrected chi connectivity index (χ3v) is 7.19. The van der Waals surface area contributed by atoms with Crippen molar-refractivity contribution < 1.29 is 14.3 Å². The molecular weight excluding hydrogens is 436 g/mol. The lowest BCUT2D eigenvalue weighted by Gasteiger charge is -2.26. The molecule has 0 aromatic heterocycles. The highest BCUT2D eigenvalue weighted by Gasteiger charge is 2.25. The number of rotatable bonds is 9. The van der Waals surface area contributed by atoms with E-state index in [0.717, 1.165) is 62.4 Å². The largest absolute Gasteiger partial charge is 0.496 e. The minimum atomic E-state index is 0.0680. The summed E-state index contributed by atoms with van der Waals surface area (Å²) < 4.78 is 11.8. The Morgan fingerprint density at radius 1 is 1.17 bits per heavy atom. The van der Waals surface area contributed by atoms with Crippen LogP contribution in [-0.4, -0.2) is 43.6 Å². The van der Waals surface area contributed by atoms with Crippen LogP contribution in [0.1, 0.15) is 62.8 Å². The summed E-state index contributed by atoms with van der Waals surface area (Å²) >= 11 is 0. The van der Waals surface area contributed by atoms with Crippen LogP contribution < -0.4 is 14.8 Å². The normalized spacial score (nSPS) is 18.1. The molecule has 0 spiro atoms. The highest BCUT2D eigenvalue weighted by molar-refractivity contribution is 5.73. The fourth-order valence-corrected chi connectivity index (χ4v) is 5.41. The van der Waals surface area contributed by atoms with Crippen molar-refractivity contribution in [2.45, 2.75) is 66.0 Å². The van der Waals surface area contributed by atoms with Gasteiger partial charge in [-0.2, -0.15) is 0 Å². The standard InChI is InChI=1S/C30H40N2O3/c1-20(2)14-23-6-7-26(30(15-23)34-5)19-35-28-10-11-29-21(3)25(9-8-24(29)16-28)17-32-13-12-27(18-32)31-22(4)33/h6-7,10-11,15-16,20,27H,8-9,12-14,17-19H2,1-5H3,(H,31,33)/t27-/m1/s1. The van der Waals surface area contributed by atoms with Gasteiger partial charge in [-0.15, -0.1) is 0 Å². The smallest absolute Gasteiger partial charge is 0.217 e. The SMILES string of the molecule is COc1cc(CC(C)C)ccc1COc1ccc2c(c1)CCC(CN1CC[C@@H](NC(C)=O)C1)=C2C. The lowest BCUT2D eigenvalue weighted by molar-refractivity contribution is -0.119. The van der Waals surface area contributed by atoms with E-state index < -0.39 is 0 Å². The van der Waals surface area contributed by atoms with E-state index in [-0.39, 0.29) is 11.9 Å². The summed E-state index contributed by atoms with van der Waals surface area (Å²) in [5, 5.41) is 3.06. The Bertz CT molecular complexity index is 1090. The Kier molecular flexibility index (Phi) is 8.17. The van der Waals surface area contributed by atoms with Gasteiger partial charge in [-0.3, -0.25) is 9.69 Å². The summed E-state index contributed by atoms with van der Waals surface area (Å²) in [5.74, 6) is 2.49. The summed E-state index contributed by atoms with van der Waals surface area (Å²) in [7, 11) is 1.73. The predicted octanol–water partition coefficient (Wildman–Crippen LogP) is 5.40. The van der Waals surface area contributed by atoms with Gasteiger partial charge in [-0.25, -0.2) is 0 Å². The Morgan fingerprint density at radius 2 is 2.00 bits per heavy atom. The molecule has 0 radical (unpaired) electrons. The Balaban J connectivity index is 1.39. The van der Waals surface area contributed by atoms with Crippen molar-refractivity contribution in [2.24, 2.45) is 5.92 Å². The molecule has 1 N–H and O–H groups in total. The highest BCUT2D eigenvalue weighted by Crippen LogP contribution is 2.34. The molecule has 1 aliphatic heterocycles. The molecule has 1 atom stereocenters. The summed E-state index contributed by atoms with van der Waals surface area (Å²) in [5.41, 5.74) is 7.97. The van der Waals surface area contributed by atoms with Gasteiger partial charge in [0.1, 0.15) is 18.1 Å². The molecule has 35 heavy (non-hydrogen) atoms. The molecule has 1 amide bonds. The third-order valence-electron chi connectivity index (χ3n) is 7.19. The molecule has 188 valence electrons. The lowest BCUT2D eigenvalue weighted by Crippen LogP contribution is -2.36. The molecule has 1 heterocycles. The number of benzene rings is 2. The van der Waals surface area contributed by atoms with Crippen molar-refractivity contribution in [3.05, 3.63) is 64.2 Å². The van der Waals surface area contributed by atoms with Crippen LogP contribution in [0.25, 0.3) is 5.57 Å². The predicted molar refractivity (Wildman–Crippen MR) is 142 cm³/mol. The number of fused-ring (bicyclic) bond motifs is 1. The number of hydrogen-bond donors (Lipinski definition) is 1. The van der Waals surface area contributed by atoms with Crippen LogP contribution in [0.2, 0.25) is 0 Å². The fraction of sp³-hybridized carbons (Fsp3) is 0.500. The summed E-state index contributed by atoms with van der Waals surface area (Å²) in [6.45, 7) is 11.8. The minimum Gasteiger partial charge on any atom is -0.496 e. The van der Waals surface area contributed by atoms with E-state index in [4.69, 9.17) is 9.47 Å². The number of allylic oxidation sites excluding steroid dienone is 1. The van der Waals surface area contributed by atoms with Crippen LogP contribution in [0.4, 0.5) is 0 Å². The third kappa shape index (κ3) is 6.46. The summed E-state index contributed by atoms with van der Waals surface area (Å²) in [6, 6.07) is 13.2. The number of carbonyl (C=O) groups excluding carboxylic acids is 1. The first-order valence-corrected chi connectivity index (χ1v) is 12.9. The molecule has 0 saturated carbocycles. The van der Waals surface area contributed by atoms with Crippen molar-refractivity contribution in [1.82, 2.24) is 10.2 Å². The monoisotopic (exact) mass is 476 g/mol. The average molecular weight is 477 g/mol. The van der Waals surface area contributed by atoms with Crippen molar-refractivity contribution >= 4 is 11.5 Å². The maximum atomic E-state index is 11.4. The van der Waals surface area contributed by atoms with E-state index >= 15 is 0 Å². The number of aryl methyl sites for hydroxylation is 1. The molecule has 5 nitrogen and oxygen atoms in total. The molecule has 2 aliphatic rings. The maximum absolute atomic E-state index is 11.4. The van der Waals surface area contributed by atoms with Gasteiger partial charge in [0.25, 0.3) is 0 Å². The fourth-order valence-electron chi connectivity index (χ4n) is 5.41. The van der Waals surface area contributed by atoms with E-state index in [1.165, 1.54) is 27.8 Å². The molecule has 2 aromatic rings. The molecule has 1 aliphatic carbocycles. The zero-order valence-corrected chi connectivity index (χ0v) is 21.9. The summed E-state index contributed by atoms with van der Waals surface area (Å²) in [4.78, 5) is 13.8. The van der Waals surface area contributed by atoms with Crippen molar-refractivity contribution in [3.63, 3.8) is 0 Å². The van der Waals surface area contributed by atoms with E-state index in [0.29, 0.717) is 12.5 Å². The number of hydrogen-bond acceptors (Lipinski definition) is 4. The summed E-state index contributed by atoms with van der Waals surface area (Å²) in [6.07, 6.45) is 4.20. The molecule has 1 saturated heterocycles. The minimum absolute atomic E-state index is 0.0680. The number of ether oxygens (including phenoxy) is 2. The number of nitrogens with one attached hydrogen (secondary N) is 1. The molecule has 4 rings (SSSR count). The Morgan fingerprint density at radius 3 is 2.74 bits per heavy atom. The van der Waals surface area contributed by atoms with Crippen LogP contribution in [0.15, 0.2) is 42.0 Å². The van der Waals surface area contributed by atoms with E-state index in [9.17, 15) is 4.79 Å². The number of likely N-dealkylation sites (tertiary alicyclic amines) is 1. The lowest BCUT2D eigenvalue weighted by atomic mass is 9.86. The second-order valence-electron chi connectivity index (χ2n) is 10.5. The highest BCUT2D eigenvalue weighted by atomic mass is 16.5. The number of carbonyl (C=O) groups is 1. The van der Waals surface area contributed by atoms with Gasteiger partial charge in [0, 0.05) is 38.2 Å². The Labute approximate surface area is 210 Å². The van der Waals surface area contributed by atoms with Gasteiger partial charge in [0.05, 0.1) is 7.11 Å². The van der Waals surface area contributed by atoms with Crippen LogP contribution in [0.3, 0.4) is 0 Å². The van der Waals surface area contributed by atoms with Gasteiger partial charge >= 0.3 is 0 Å². The molecule has 5 heteroatoms. The van der Waals surface area contributed by atoms with Crippen molar-refractivity contribution in [1.29, 1.82) is 0 Å². The van der Waals surface area contributed by atoms with Crippen molar-refractivity contribution in [2.75, 3.05) is 26.7 Å². The second-order valence-corrected chi connectivity index (χ2v) is 10.5. The van der Waals surface area contributed by atoms with Gasteiger partial charge in [-0.05, 0) is 79.0 Å². The maximum Gasteiger partial charge on any atom is 0.217 e. The quantitative estimate of drug-likeness (QED) is 0.526. The van der Waals surface area contributed by atoms with E-state index in [2.05, 4.69) is 67.4 Å². The van der Waals surface area contributed by atoms with Gasteiger partial charge in [0.15, 0.2) is 0 Å². The number of amides is 1. The zero-order chi connectivity index (χ0) is 24.9. The van der Waals surface area contributed by atoms with Crippen LogP contribution in [-0.2, 0) is 24.2 Å². The molecule has 1 fully saturated rings. The number of methoxy groups -OCH3 is 1.